The Bertz CT molecular complexity index is 716. The number of amides is 1. The minimum Gasteiger partial charge on any atom is -0.496 e. The standard InChI is InChI=1S/C18H20FN3O3/c1-24-16-5-3-2-4-15(16)17(23)22-13-6-8-14(9-7-13)25-18-20-10-12(19)11-21-18/h2-5,10-11,13-14H,6-9H2,1H3,(H,22,23). The van der Waals surface area contributed by atoms with Crippen LogP contribution in [0.2, 0.25) is 0 Å². The van der Waals surface area contributed by atoms with Crippen molar-refractivity contribution >= 4 is 5.91 Å². The van der Waals surface area contributed by atoms with Gasteiger partial charge < -0.3 is 14.8 Å². The molecule has 1 aromatic heterocycles. The van der Waals surface area contributed by atoms with Crippen molar-refractivity contribution in [2.45, 2.75) is 37.8 Å². The molecule has 0 radical (unpaired) electrons. The first kappa shape index (κ1) is 17.1. The topological polar surface area (TPSA) is 73.3 Å². The van der Waals surface area contributed by atoms with E-state index in [-0.39, 0.29) is 24.1 Å². The van der Waals surface area contributed by atoms with E-state index in [0.717, 1.165) is 38.1 Å². The Morgan fingerprint density at radius 1 is 1.16 bits per heavy atom. The minimum absolute atomic E-state index is 0.0233. The zero-order chi connectivity index (χ0) is 17.6. The molecule has 0 spiro atoms. The molecule has 1 amide bonds. The fraction of sp³-hybridized carbons (Fsp3) is 0.389. The number of aromatic nitrogens is 2. The molecule has 6 nitrogen and oxygen atoms in total. The van der Waals surface area contributed by atoms with Crippen molar-refractivity contribution in [1.82, 2.24) is 15.3 Å². The van der Waals surface area contributed by atoms with E-state index in [4.69, 9.17) is 9.47 Å². The van der Waals surface area contributed by atoms with Gasteiger partial charge in [-0.1, -0.05) is 12.1 Å². The molecule has 7 heteroatoms. The average Bonchev–Trinajstić information content (AvgIpc) is 2.65. The fourth-order valence-corrected chi connectivity index (χ4v) is 2.93. The molecule has 3 rings (SSSR count). The molecule has 0 aliphatic heterocycles. The third kappa shape index (κ3) is 4.43. The molecule has 0 atom stereocenters. The van der Waals surface area contributed by atoms with E-state index in [2.05, 4.69) is 15.3 Å². The molecule has 1 saturated carbocycles. The van der Waals surface area contributed by atoms with Gasteiger partial charge in [0.15, 0.2) is 5.82 Å². The summed E-state index contributed by atoms with van der Waals surface area (Å²) in [6.45, 7) is 0. The van der Waals surface area contributed by atoms with Crippen LogP contribution in [0.3, 0.4) is 0 Å². The number of hydrogen-bond acceptors (Lipinski definition) is 5. The summed E-state index contributed by atoms with van der Waals surface area (Å²) in [5.74, 6) is -0.0655. The summed E-state index contributed by atoms with van der Waals surface area (Å²) < 4.78 is 23.7. The second kappa shape index (κ2) is 7.92. The van der Waals surface area contributed by atoms with E-state index in [0.29, 0.717) is 11.3 Å². The second-order valence-electron chi connectivity index (χ2n) is 5.95. The molecule has 0 saturated heterocycles. The lowest BCUT2D eigenvalue weighted by atomic mass is 9.92. The molecule has 0 unspecified atom stereocenters. The van der Waals surface area contributed by atoms with Crippen LogP contribution >= 0.6 is 0 Å². The van der Waals surface area contributed by atoms with E-state index in [1.54, 1.807) is 19.2 Å². The van der Waals surface area contributed by atoms with Crippen LogP contribution < -0.4 is 14.8 Å². The van der Waals surface area contributed by atoms with Crippen LogP contribution in [0, 0.1) is 5.82 Å². The van der Waals surface area contributed by atoms with E-state index < -0.39 is 5.82 Å². The highest BCUT2D eigenvalue weighted by atomic mass is 19.1. The van der Waals surface area contributed by atoms with Crippen molar-refractivity contribution in [2.24, 2.45) is 0 Å². The van der Waals surface area contributed by atoms with Gasteiger partial charge in [-0.15, -0.1) is 0 Å². The van der Waals surface area contributed by atoms with Gasteiger partial charge >= 0.3 is 6.01 Å². The molecule has 2 aromatic rings. The number of methoxy groups -OCH3 is 1. The van der Waals surface area contributed by atoms with Crippen molar-refractivity contribution in [1.29, 1.82) is 0 Å². The summed E-state index contributed by atoms with van der Waals surface area (Å²) in [5.41, 5.74) is 0.531. The monoisotopic (exact) mass is 345 g/mol. The van der Waals surface area contributed by atoms with E-state index >= 15 is 0 Å². The molecule has 25 heavy (non-hydrogen) atoms. The van der Waals surface area contributed by atoms with Crippen LogP contribution in [0.4, 0.5) is 4.39 Å². The first-order valence-electron chi connectivity index (χ1n) is 8.24. The van der Waals surface area contributed by atoms with Gasteiger partial charge in [0.2, 0.25) is 0 Å². The summed E-state index contributed by atoms with van der Waals surface area (Å²) in [4.78, 5) is 20.0. The zero-order valence-electron chi connectivity index (χ0n) is 13.9. The van der Waals surface area contributed by atoms with Crippen molar-refractivity contribution in [3.63, 3.8) is 0 Å². The highest BCUT2D eigenvalue weighted by Gasteiger charge is 2.25. The summed E-state index contributed by atoms with van der Waals surface area (Å²) in [7, 11) is 1.55. The van der Waals surface area contributed by atoms with Crippen LogP contribution in [-0.2, 0) is 0 Å². The van der Waals surface area contributed by atoms with E-state index in [1.165, 1.54) is 0 Å². The molecule has 1 fully saturated rings. The number of rotatable bonds is 5. The Balaban J connectivity index is 1.50. The number of hydrogen-bond donors (Lipinski definition) is 1. The molecule has 1 N–H and O–H groups in total. The van der Waals surface area contributed by atoms with E-state index in [9.17, 15) is 9.18 Å². The Morgan fingerprint density at radius 2 is 1.84 bits per heavy atom. The van der Waals surface area contributed by atoms with Gasteiger partial charge in [0.05, 0.1) is 25.1 Å². The quantitative estimate of drug-likeness (QED) is 0.902. The van der Waals surface area contributed by atoms with Crippen LogP contribution in [0.15, 0.2) is 36.7 Å². The number of halogens is 1. The first-order valence-corrected chi connectivity index (χ1v) is 8.24. The van der Waals surface area contributed by atoms with Crippen LogP contribution in [-0.4, -0.2) is 35.1 Å². The maximum absolute atomic E-state index is 12.8. The number of nitrogens with zero attached hydrogens (tertiary/aromatic N) is 2. The molecule has 1 aliphatic rings. The smallest absolute Gasteiger partial charge is 0.316 e. The highest BCUT2D eigenvalue weighted by Crippen LogP contribution is 2.23. The molecular formula is C18H20FN3O3. The average molecular weight is 345 g/mol. The first-order chi connectivity index (χ1) is 12.2. The fourth-order valence-electron chi connectivity index (χ4n) is 2.93. The van der Waals surface area contributed by atoms with Crippen molar-refractivity contribution in [2.75, 3.05) is 7.11 Å². The SMILES string of the molecule is COc1ccccc1C(=O)NC1CCC(Oc2ncc(F)cn2)CC1. The van der Waals surface area contributed by atoms with Crippen molar-refractivity contribution < 1.29 is 18.7 Å². The van der Waals surface area contributed by atoms with Crippen LogP contribution in [0.25, 0.3) is 0 Å². The van der Waals surface area contributed by atoms with Crippen LogP contribution in [0.1, 0.15) is 36.0 Å². The summed E-state index contributed by atoms with van der Waals surface area (Å²) in [5, 5.41) is 3.05. The van der Waals surface area contributed by atoms with Gasteiger partial charge in [-0.2, -0.15) is 0 Å². The third-order valence-corrected chi connectivity index (χ3v) is 4.23. The van der Waals surface area contributed by atoms with Crippen molar-refractivity contribution in [3.8, 4) is 11.8 Å². The van der Waals surface area contributed by atoms with Gasteiger partial charge in [-0.3, -0.25) is 4.79 Å². The lowest BCUT2D eigenvalue weighted by Gasteiger charge is -2.29. The van der Waals surface area contributed by atoms with Crippen molar-refractivity contribution in [3.05, 3.63) is 48.0 Å². The normalized spacial score (nSPS) is 19.9. The number of nitrogens with one attached hydrogen (secondary N) is 1. The van der Waals surface area contributed by atoms with Gasteiger partial charge in [-0.05, 0) is 37.8 Å². The maximum Gasteiger partial charge on any atom is 0.316 e. The van der Waals surface area contributed by atoms with Gasteiger partial charge in [0.1, 0.15) is 11.9 Å². The maximum atomic E-state index is 12.8. The summed E-state index contributed by atoms with van der Waals surface area (Å²) >= 11 is 0. The lowest BCUT2D eigenvalue weighted by molar-refractivity contribution is 0.0882. The Hall–Kier alpha value is -2.70. The Kier molecular flexibility index (Phi) is 5.42. The van der Waals surface area contributed by atoms with Gasteiger partial charge in [0.25, 0.3) is 5.91 Å². The highest BCUT2D eigenvalue weighted by molar-refractivity contribution is 5.97. The summed E-state index contributed by atoms with van der Waals surface area (Å²) in [6.07, 6.45) is 5.29. The molecule has 0 bridgehead atoms. The number of para-hydroxylation sites is 1. The number of benzene rings is 1. The molecule has 1 aromatic carbocycles. The van der Waals surface area contributed by atoms with E-state index in [1.807, 2.05) is 12.1 Å². The molecule has 132 valence electrons. The predicted octanol–water partition coefficient (Wildman–Crippen LogP) is 2.74. The third-order valence-electron chi connectivity index (χ3n) is 4.23. The summed E-state index contributed by atoms with van der Waals surface area (Å²) in [6, 6.07) is 7.42. The molecule has 1 heterocycles. The molecular weight excluding hydrogens is 325 g/mol. The zero-order valence-corrected chi connectivity index (χ0v) is 13.9. The number of carbonyl (C=O) groups excluding carboxylic acids is 1. The van der Waals surface area contributed by atoms with Gasteiger partial charge in [-0.25, -0.2) is 14.4 Å². The number of ether oxygens (including phenoxy) is 2. The minimum atomic E-state index is -0.491. The molecule has 1 aliphatic carbocycles. The second-order valence-corrected chi connectivity index (χ2v) is 5.95. The largest absolute Gasteiger partial charge is 0.496 e. The van der Waals surface area contributed by atoms with Gasteiger partial charge in [0, 0.05) is 6.04 Å². The lowest BCUT2D eigenvalue weighted by Crippen LogP contribution is -2.39. The number of carbonyl (C=O) groups is 1. The Labute approximate surface area is 145 Å². The predicted molar refractivity (Wildman–Crippen MR) is 89.1 cm³/mol. The van der Waals surface area contributed by atoms with Crippen LogP contribution in [0.5, 0.6) is 11.8 Å². The Morgan fingerprint density at radius 3 is 2.52 bits per heavy atom.